The van der Waals surface area contributed by atoms with E-state index < -0.39 is 0 Å². The minimum Gasteiger partial charge on any atom is -0.351 e. The second-order valence-electron chi connectivity index (χ2n) is 7.88. The molecule has 3 aliphatic rings. The molecule has 1 N–H and O–H groups in total. The summed E-state index contributed by atoms with van der Waals surface area (Å²) in [5.74, 6) is 0.0856. The van der Waals surface area contributed by atoms with Crippen molar-refractivity contribution in [3.63, 3.8) is 0 Å². The van der Waals surface area contributed by atoms with Gasteiger partial charge in [-0.3, -0.25) is 9.59 Å². The lowest BCUT2D eigenvalue weighted by atomic mass is 9.99. The number of likely N-dealkylation sites (N-methyl/N-ethyl adjacent to an activating group) is 1. The van der Waals surface area contributed by atoms with Crippen molar-refractivity contribution in [3.05, 3.63) is 45.3 Å². The summed E-state index contributed by atoms with van der Waals surface area (Å²) >= 11 is 7.36. The Balaban J connectivity index is 1.35. The second-order valence-corrected chi connectivity index (χ2v) is 9.76. The van der Waals surface area contributed by atoms with Crippen LogP contribution in [0.4, 0.5) is 0 Å². The highest BCUT2D eigenvalue weighted by Gasteiger charge is 2.31. The van der Waals surface area contributed by atoms with Gasteiger partial charge < -0.3 is 15.1 Å². The lowest BCUT2D eigenvalue weighted by Gasteiger charge is -2.19. The van der Waals surface area contributed by atoms with Gasteiger partial charge in [0.05, 0.1) is 9.61 Å². The zero-order valence-electron chi connectivity index (χ0n) is 16.1. The fraction of sp³-hybridized carbons (Fsp3) is 0.524. The minimum atomic E-state index is -0.139. The molecule has 7 heteroatoms. The number of nitrogens with one attached hydrogen (secondary N) is 1. The van der Waals surface area contributed by atoms with Crippen LogP contribution in [0.1, 0.15) is 34.3 Å². The van der Waals surface area contributed by atoms with Crippen LogP contribution in [0.15, 0.2) is 28.6 Å². The van der Waals surface area contributed by atoms with Crippen LogP contribution >= 0.6 is 23.4 Å². The average Bonchev–Trinajstić information content (AvgIpc) is 3.29. The van der Waals surface area contributed by atoms with Gasteiger partial charge in [0.1, 0.15) is 0 Å². The van der Waals surface area contributed by atoms with E-state index in [2.05, 4.69) is 29.4 Å². The molecule has 28 heavy (non-hydrogen) atoms. The minimum absolute atomic E-state index is 0.0188. The zero-order chi connectivity index (χ0) is 19.7. The van der Waals surface area contributed by atoms with E-state index in [1.165, 1.54) is 22.9 Å². The van der Waals surface area contributed by atoms with Crippen LogP contribution in [0.3, 0.4) is 0 Å². The molecule has 3 heterocycles. The van der Waals surface area contributed by atoms with Gasteiger partial charge in [-0.2, -0.15) is 0 Å². The smallest absolute Gasteiger partial charge is 0.253 e. The molecule has 1 fully saturated rings. The number of halogens is 1. The number of carbonyl (C=O) groups is 2. The quantitative estimate of drug-likeness (QED) is 0.818. The lowest BCUT2D eigenvalue weighted by molar-refractivity contribution is -0.121. The highest BCUT2D eigenvalue weighted by atomic mass is 35.5. The summed E-state index contributed by atoms with van der Waals surface area (Å²) in [6.45, 7) is 3.34. The molecule has 1 saturated heterocycles. The van der Waals surface area contributed by atoms with E-state index in [0.29, 0.717) is 23.9 Å². The van der Waals surface area contributed by atoms with Gasteiger partial charge in [0, 0.05) is 37.8 Å². The van der Waals surface area contributed by atoms with E-state index in [1.54, 1.807) is 0 Å². The summed E-state index contributed by atoms with van der Waals surface area (Å²) in [7, 11) is 2.14. The third-order valence-corrected chi connectivity index (χ3v) is 7.34. The van der Waals surface area contributed by atoms with Gasteiger partial charge in [0.15, 0.2) is 0 Å². The predicted octanol–water partition coefficient (Wildman–Crippen LogP) is 2.63. The normalized spacial score (nSPS) is 25.2. The molecule has 0 spiro atoms. The van der Waals surface area contributed by atoms with E-state index in [4.69, 9.17) is 11.6 Å². The van der Waals surface area contributed by atoms with E-state index in [-0.39, 0.29) is 23.1 Å². The zero-order valence-corrected chi connectivity index (χ0v) is 17.7. The molecule has 150 valence electrons. The highest BCUT2D eigenvalue weighted by Crippen LogP contribution is 2.35. The van der Waals surface area contributed by atoms with Gasteiger partial charge >= 0.3 is 0 Å². The molecule has 0 aliphatic carbocycles. The van der Waals surface area contributed by atoms with Gasteiger partial charge in [-0.15, -0.1) is 11.8 Å². The molecule has 0 saturated carbocycles. The summed E-state index contributed by atoms with van der Waals surface area (Å²) in [4.78, 5) is 29.6. The molecule has 0 radical (unpaired) electrons. The van der Waals surface area contributed by atoms with Crippen LogP contribution in [0, 0.1) is 0 Å². The number of thioether (sulfide) groups is 1. The monoisotopic (exact) mass is 419 g/mol. The van der Waals surface area contributed by atoms with Crippen LogP contribution in [0.25, 0.3) is 0 Å². The Morgan fingerprint density at radius 2 is 1.96 bits per heavy atom. The Kier molecular flexibility index (Phi) is 5.99. The van der Waals surface area contributed by atoms with E-state index >= 15 is 0 Å². The first-order valence-corrected chi connectivity index (χ1v) is 11.2. The van der Waals surface area contributed by atoms with Gasteiger partial charge in [0.2, 0.25) is 5.91 Å². The van der Waals surface area contributed by atoms with Crippen molar-refractivity contribution < 1.29 is 9.59 Å². The second kappa shape index (κ2) is 8.47. The number of carbonyl (C=O) groups excluding carboxylic acids is 2. The molecule has 0 bridgehead atoms. The van der Waals surface area contributed by atoms with Crippen LogP contribution in [-0.2, 0) is 17.6 Å². The largest absolute Gasteiger partial charge is 0.351 e. The van der Waals surface area contributed by atoms with Crippen LogP contribution < -0.4 is 5.32 Å². The SMILES string of the molecule is CN1CCc2ccc(C(=O)N3CC[C@H](NC(=O)C4CC=C(Cl)S4)C3)cc2CC1. The van der Waals surface area contributed by atoms with Crippen LogP contribution in [-0.4, -0.2) is 66.1 Å². The molecular weight excluding hydrogens is 394 g/mol. The third kappa shape index (κ3) is 4.39. The standard InChI is InChI=1S/C21H26ClN3O2S/c1-24-9-6-14-2-3-16(12-15(14)7-10-24)21(27)25-11-8-17(13-25)23-20(26)18-4-5-19(22)28-18/h2-3,5,12,17-18H,4,6-11,13H2,1H3,(H,23,26)/t17-,18?/m0/s1. The topological polar surface area (TPSA) is 52.7 Å². The van der Waals surface area contributed by atoms with Crippen molar-refractivity contribution in [1.29, 1.82) is 0 Å². The molecular formula is C21H26ClN3O2S. The fourth-order valence-corrected chi connectivity index (χ4v) is 5.35. The molecule has 2 atom stereocenters. The Morgan fingerprint density at radius 1 is 1.18 bits per heavy atom. The molecule has 1 unspecified atom stereocenters. The van der Waals surface area contributed by atoms with Crippen molar-refractivity contribution in [3.8, 4) is 0 Å². The highest BCUT2D eigenvalue weighted by molar-refractivity contribution is 8.06. The summed E-state index contributed by atoms with van der Waals surface area (Å²) < 4.78 is 0.692. The number of likely N-dealkylation sites (tertiary alicyclic amines) is 1. The number of nitrogens with zero attached hydrogens (tertiary/aromatic N) is 2. The van der Waals surface area contributed by atoms with Crippen molar-refractivity contribution in [1.82, 2.24) is 15.1 Å². The Morgan fingerprint density at radius 3 is 2.71 bits per heavy atom. The average molecular weight is 420 g/mol. The first-order valence-electron chi connectivity index (χ1n) is 9.92. The first-order chi connectivity index (χ1) is 13.5. The number of allylic oxidation sites excluding steroid dienone is 1. The molecule has 3 aliphatic heterocycles. The van der Waals surface area contributed by atoms with Gasteiger partial charge in [-0.25, -0.2) is 0 Å². The number of amides is 2. The maximum atomic E-state index is 13.0. The van der Waals surface area contributed by atoms with Crippen LogP contribution in [0.5, 0.6) is 0 Å². The summed E-state index contributed by atoms with van der Waals surface area (Å²) in [6.07, 6.45) is 5.38. The molecule has 5 nitrogen and oxygen atoms in total. The number of hydrogen-bond acceptors (Lipinski definition) is 4. The van der Waals surface area contributed by atoms with E-state index in [9.17, 15) is 9.59 Å². The fourth-order valence-electron chi connectivity index (χ4n) is 4.10. The number of benzene rings is 1. The van der Waals surface area contributed by atoms with Crippen molar-refractivity contribution in [2.75, 3.05) is 33.2 Å². The summed E-state index contributed by atoms with van der Waals surface area (Å²) in [5.41, 5.74) is 3.41. The van der Waals surface area contributed by atoms with Gasteiger partial charge in [-0.1, -0.05) is 23.7 Å². The molecule has 1 aromatic carbocycles. The first kappa shape index (κ1) is 19.8. The van der Waals surface area contributed by atoms with Crippen LogP contribution in [0.2, 0.25) is 0 Å². The molecule has 4 rings (SSSR count). The lowest BCUT2D eigenvalue weighted by Crippen LogP contribution is -2.42. The Labute approximate surface area is 175 Å². The maximum absolute atomic E-state index is 13.0. The summed E-state index contributed by atoms with van der Waals surface area (Å²) in [6, 6.07) is 6.17. The summed E-state index contributed by atoms with van der Waals surface area (Å²) in [5, 5.41) is 2.95. The number of hydrogen-bond donors (Lipinski definition) is 1. The number of fused-ring (bicyclic) bond motifs is 1. The molecule has 2 amide bonds. The third-order valence-electron chi connectivity index (χ3n) is 5.84. The van der Waals surface area contributed by atoms with Gasteiger partial charge in [0.25, 0.3) is 5.91 Å². The van der Waals surface area contributed by atoms with Crippen molar-refractivity contribution in [2.24, 2.45) is 0 Å². The molecule has 0 aromatic heterocycles. The van der Waals surface area contributed by atoms with Crippen molar-refractivity contribution in [2.45, 2.75) is 37.0 Å². The van der Waals surface area contributed by atoms with E-state index in [1.807, 2.05) is 17.0 Å². The predicted molar refractivity (Wildman–Crippen MR) is 114 cm³/mol. The Bertz CT molecular complexity index is 813. The van der Waals surface area contributed by atoms with Crippen molar-refractivity contribution >= 4 is 35.2 Å². The maximum Gasteiger partial charge on any atom is 0.253 e. The van der Waals surface area contributed by atoms with Gasteiger partial charge in [-0.05, 0) is 56.0 Å². The molecule has 1 aromatic rings. The number of rotatable bonds is 3. The Hall–Kier alpha value is -1.50. The van der Waals surface area contributed by atoms with E-state index in [0.717, 1.165) is 37.9 Å².